The van der Waals surface area contributed by atoms with Gasteiger partial charge >= 0.3 is 12.0 Å². The number of carboxylic acid groups (broad SMARTS) is 1. The van der Waals surface area contributed by atoms with E-state index in [1.807, 2.05) is 21.9 Å². The maximum Gasteiger partial charge on any atom is 0.321 e. The smallest absolute Gasteiger partial charge is 0.321 e. The average Bonchev–Trinajstić information content (AvgIpc) is 3.37. The van der Waals surface area contributed by atoms with Crippen molar-refractivity contribution in [1.29, 1.82) is 0 Å². The molecule has 1 unspecified atom stereocenters. The van der Waals surface area contributed by atoms with Crippen molar-refractivity contribution in [3.05, 3.63) is 48.7 Å². The number of carbonyl (C=O) groups excluding carboxylic acids is 1. The molecular formula is C26H27FN8O3S. The van der Waals surface area contributed by atoms with Crippen LogP contribution in [0.3, 0.4) is 0 Å². The van der Waals surface area contributed by atoms with E-state index in [-0.39, 0.29) is 16.2 Å². The Labute approximate surface area is 227 Å². The number of rotatable bonds is 7. The van der Waals surface area contributed by atoms with E-state index in [1.165, 1.54) is 11.3 Å². The number of thiazole rings is 1. The minimum Gasteiger partial charge on any atom is -0.480 e. The highest BCUT2D eigenvalue weighted by Crippen LogP contribution is 2.40. The lowest BCUT2D eigenvalue weighted by atomic mass is 10.0. The van der Waals surface area contributed by atoms with Crippen molar-refractivity contribution in [2.75, 3.05) is 42.9 Å². The first kappa shape index (κ1) is 26.4. The van der Waals surface area contributed by atoms with Gasteiger partial charge in [-0.2, -0.15) is 0 Å². The molecule has 0 saturated carbocycles. The van der Waals surface area contributed by atoms with Gasteiger partial charge in [0.2, 0.25) is 5.95 Å². The van der Waals surface area contributed by atoms with Crippen molar-refractivity contribution in [2.24, 2.45) is 0 Å². The number of aromatic nitrogens is 4. The molecule has 13 heteroatoms. The van der Waals surface area contributed by atoms with E-state index in [9.17, 15) is 14.7 Å². The van der Waals surface area contributed by atoms with E-state index in [2.05, 4.69) is 30.6 Å². The van der Waals surface area contributed by atoms with Crippen LogP contribution in [-0.4, -0.2) is 80.7 Å². The summed E-state index contributed by atoms with van der Waals surface area (Å²) in [6, 6.07) is 6.22. The van der Waals surface area contributed by atoms with E-state index in [4.69, 9.17) is 0 Å². The largest absolute Gasteiger partial charge is 0.480 e. The summed E-state index contributed by atoms with van der Waals surface area (Å²) in [6.07, 6.45) is 4.80. The van der Waals surface area contributed by atoms with E-state index in [1.54, 1.807) is 44.6 Å². The highest BCUT2D eigenvalue weighted by molar-refractivity contribution is 7.22. The maximum atomic E-state index is 15.9. The van der Waals surface area contributed by atoms with Crippen molar-refractivity contribution in [3.63, 3.8) is 0 Å². The SMILES string of the molecule is CCNC(=O)Nc1nc2c(F)c(-c3cnc(N4CCN(C(C)C(=O)O)CC4)nc3)cc(-c3ccccn3)c2s1. The Balaban J connectivity index is 1.46. The molecule has 3 aromatic heterocycles. The number of benzene rings is 1. The van der Waals surface area contributed by atoms with Crippen LogP contribution in [0.2, 0.25) is 0 Å². The fraction of sp³-hybridized carbons (Fsp3) is 0.308. The van der Waals surface area contributed by atoms with Crippen LogP contribution in [0.5, 0.6) is 0 Å². The number of fused-ring (bicyclic) bond motifs is 1. The van der Waals surface area contributed by atoms with Crippen LogP contribution in [0.25, 0.3) is 32.6 Å². The molecule has 0 aliphatic carbocycles. The quantitative estimate of drug-likeness (QED) is 0.315. The predicted molar refractivity (Wildman–Crippen MR) is 147 cm³/mol. The number of carbonyl (C=O) groups is 2. The number of amides is 2. The number of halogens is 1. The lowest BCUT2D eigenvalue weighted by Gasteiger charge is -2.36. The van der Waals surface area contributed by atoms with Gasteiger partial charge < -0.3 is 15.3 Å². The number of nitrogens with zero attached hydrogens (tertiary/aromatic N) is 6. The summed E-state index contributed by atoms with van der Waals surface area (Å²) in [5.41, 5.74) is 2.18. The fourth-order valence-corrected chi connectivity index (χ4v) is 5.40. The summed E-state index contributed by atoms with van der Waals surface area (Å²) in [5.74, 6) is -0.896. The lowest BCUT2D eigenvalue weighted by molar-refractivity contribution is -0.142. The Morgan fingerprint density at radius 3 is 2.51 bits per heavy atom. The molecule has 1 saturated heterocycles. The molecule has 1 atom stereocenters. The maximum absolute atomic E-state index is 15.9. The van der Waals surface area contributed by atoms with Gasteiger partial charge in [-0.25, -0.2) is 24.1 Å². The number of nitrogens with one attached hydrogen (secondary N) is 2. The molecule has 39 heavy (non-hydrogen) atoms. The van der Waals surface area contributed by atoms with Crippen LogP contribution >= 0.6 is 11.3 Å². The first-order valence-electron chi connectivity index (χ1n) is 12.5. The summed E-state index contributed by atoms with van der Waals surface area (Å²) in [7, 11) is 0. The molecule has 0 radical (unpaired) electrons. The van der Waals surface area contributed by atoms with Gasteiger partial charge in [0.15, 0.2) is 10.9 Å². The first-order valence-corrected chi connectivity index (χ1v) is 13.3. The summed E-state index contributed by atoms with van der Waals surface area (Å²) < 4.78 is 16.4. The van der Waals surface area contributed by atoms with Gasteiger partial charge in [0.25, 0.3) is 0 Å². The second kappa shape index (κ2) is 11.3. The molecular weight excluding hydrogens is 523 g/mol. The molecule has 5 rings (SSSR count). The second-order valence-electron chi connectivity index (χ2n) is 8.99. The Hall–Kier alpha value is -4.23. The van der Waals surface area contributed by atoms with Gasteiger partial charge in [-0.1, -0.05) is 17.4 Å². The highest BCUT2D eigenvalue weighted by atomic mass is 32.1. The topological polar surface area (TPSA) is 136 Å². The molecule has 11 nitrogen and oxygen atoms in total. The number of hydrogen-bond donors (Lipinski definition) is 3. The predicted octanol–water partition coefficient (Wildman–Crippen LogP) is 3.69. The van der Waals surface area contributed by atoms with Crippen molar-refractivity contribution in [2.45, 2.75) is 19.9 Å². The lowest BCUT2D eigenvalue weighted by Crippen LogP contribution is -2.52. The second-order valence-corrected chi connectivity index (χ2v) is 9.99. The number of aliphatic carboxylic acids is 1. The van der Waals surface area contributed by atoms with Gasteiger partial charge in [-0.15, -0.1) is 0 Å². The Morgan fingerprint density at radius 1 is 1.13 bits per heavy atom. The third-order valence-corrected chi connectivity index (χ3v) is 7.56. The molecule has 202 valence electrons. The molecule has 4 heterocycles. The fourth-order valence-electron chi connectivity index (χ4n) is 4.42. The summed E-state index contributed by atoms with van der Waals surface area (Å²) >= 11 is 1.17. The zero-order valence-corrected chi connectivity index (χ0v) is 22.2. The number of piperazine rings is 1. The zero-order chi connectivity index (χ0) is 27.5. The monoisotopic (exact) mass is 550 g/mol. The van der Waals surface area contributed by atoms with Gasteiger partial charge in [-0.3, -0.25) is 20.0 Å². The third-order valence-electron chi connectivity index (χ3n) is 6.55. The van der Waals surface area contributed by atoms with Crippen molar-refractivity contribution < 1.29 is 19.1 Å². The molecule has 4 aromatic rings. The first-order chi connectivity index (χ1) is 18.9. The Kier molecular flexibility index (Phi) is 7.61. The van der Waals surface area contributed by atoms with Gasteiger partial charge in [0.05, 0.1) is 10.4 Å². The number of anilines is 2. The molecule has 1 aliphatic rings. The Morgan fingerprint density at radius 2 is 1.87 bits per heavy atom. The van der Waals surface area contributed by atoms with E-state index >= 15 is 4.39 Å². The van der Waals surface area contributed by atoms with Crippen LogP contribution in [0.15, 0.2) is 42.9 Å². The minimum absolute atomic E-state index is 0.123. The van der Waals surface area contributed by atoms with Crippen LogP contribution < -0.4 is 15.5 Å². The highest BCUT2D eigenvalue weighted by Gasteiger charge is 2.26. The van der Waals surface area contributed by atoms with Crippen molar-refractivity contribution in [1.82, 2.24) is 30.2 Å². The minimum atomic E-state index is -0.847. The molecule has 0 spiro atoms. The van der Waals surface area contributed by atoms with Crippen LogP contribution in [-0.2, 0) is 4.79 Å². The van der Waals surface area contributed by atoms with Crippen LogP contribution in [0, 0.1) is 5.82 Å². The molecule has 1 fully saturated rings. The van der Waals surface area contributed by atoms with Crippen molar-refractivity contribution >= 4 is 44.6 Å². The standard InChI is InChI=1S/C26H27FN8O3S/c1-3-28-25(38)33-26-32-21-20(27)17(12-18(22(21)39-26)19-6-4-5-7-29-19)16-13-30-24(31-14-16)35-10-8-34(9-11-35)15(2)23(36)37/h4-7,12-15H,3,8-11H2,1-2H3,(H,36,37)(H2,28,32,33,38). The van der Waals surface area contributed by atoms with Crippen molar-refractivity contribution in [3.8, 4) is 22.4 Å². The summed E-state index contributed by atoms with van der Waals surface area (Å²) in [5, 5.41) is 14.8. The van der Waals surface area contributed by atoms with E-state index in [0.29, 0.717) is 60.2 Å². The van der Waals surface area contributed by atoms with Gasteiger partial charge in [0, 0.05) is 68.0 Å². The van der Waals surface area contributed by atoms with E-state index < -0.39 is 23.9 Å². The van der Waals surface area contributed by atoms with E-state index in [0.717, 1.165) is 0 Å². The third kappa shape index (κ3) is 5.49. The summed E-state index contributed by atoms with van der Waals surface area (Å²) in [6.45, 7) is 6.25. The Bertz CT molecular complexity index is 1490. The number of pyridine rings is 1. The van der Waals surface area contributed by atoms with Crippen LogP contribution in [0.1, 0.15) is 13.8 Å². The van der Waals surface area contributed by atoms with Gasteiger partial charge in [0.1, 0.15) is 11.6 Å². The number of hydrogen-bond acceptors (Lipinski definition) is 9. The zero-order valence-electron chi connectivity index (χ0n) is 21.4. The summed E-state index contributed by atoms with van der Waals surface area (Å²) in [4.78, 5) is 45.0. The molecule has 1 aliphatic heterocycles. The van der Waals surface area contributed by atoms with Crippen LogP contribution in [0.4, 0.5) is 20.3 Å². The van der Waals surface area contributed by atoms with Gasteiger partial charge in [-0.05, 0) is 32.0 Å². The molecule has 2 amide bonds. The number of carboxylic acids is 1. The normalized spacial score (nSPS) is 14.8. The average molecular weight is 551 g/mol. The molecule has 1 aromatic carbocycles. The number of urea groups is 1. The molecule has 0 bridgehead atoms. The molecule has 3 N–H and O–H groups in total.